The molecule has 0 heterocycles. The average Bonchev–Trinajstić information content (AvgIpc) is 2.72. The summed E-state index contributed by atoms with van der Waals surface area (Å²) in [5, 5.41) is 20.7. The number of hydrogen-bond acceptors (Lipinski definition) is 2. The second-order valence-corrected chi connectivity index (χ2v) is 10.4. The Morgan fingerprint density at radius 2 is 1.37 bits per heavy atom. The lowest BCUT2D eigenvalue weighted by Gasteiger charge is -2.44. The summed E-state index contributed by atoms with van der Waals surface area (Å²) in [4.78, 5) is 0. The molecule has 0 bridgehead atoms. The van der Waals surface area contributed by atoms with Crippen LogP contribution in [-0.4, -0.2) is 10.2 Å². The average molecular weight is 409 g/mol. The molecule has 2 aromatic rings. The lowest BCUT2D eigenvalue weighted by Crippen LogP contribution is -2.37. The predicted octanol–water partition coefficient (Wildman–Crippen LogP) is 7.27. The summed E-state index contributed by atoms with van der Waals surface area (Å²) in [7, 11) is 0. The van der Waals surface area contributed by atoms with Gasteiger partial charge in [0.15, 0.2) is 0 Å². The van der Waals surface area contributed by atoms with E-state index in [0.717, 1.165) is 35.1 Å². The molecule has 0 radical (unpaired) electrons. The minimum atomic E-state index is 0.0865. The van der Waals surface area contributed by atoms with E-state index in [-0.39, 0.29) is 10.8 Å². The Morgan fingerprint density at radius 3 is 1.90 bits per heavy atom. The van der Waals surface area contributed by atoms with Crippen LogP contribution in [0.25, 0.3) is 0 Å². The maximum atomic E-state index is 10.4. The molecule has 1 aliphatic carbocycles. The Balaban J connectivity index is 1.84. The minimum Gasteiger partial charge on any atom is -0.507 e. The molecule has 0 unspecified atom stereocenters. The molecule has 0 aliphatic heterocycles. The molecule has 30 heavy (non-hydrogen) atoms. The van der Waals surface area contributed by atoms with Crippen molar-refractivity contribution in [3.8, 4) is 11.5 Å². The van der Waals surface area contributed by atoms with Crippen LogP contribution in [0.15, 0.2) is 24.3 Å². The lowest BCUT2D eigenvalue weighted by molar-refractivity contribution is 0.178. The van der Waals surface area contributed by atoms with Gasteiger partial charge in [0.1, 0.15) is 11.5 Å². The fraction of sp³-hybridized carbons (Fsp3) is 0.571. The Morgan fingerprint density at radius 1 is 0.867 bits per heavy atom. The smallest absolute Gasteiger partial charge is 0.121 e. The molecule has 2 heteroatoms. The normalized spacial score (nSPS) is 22.3. The van der Waals surface area contributed by atoms with Crippen LogP contribution in [0.2, 0.25) is 0 Å². The minimum absolute atomic E-state index is 0.0865. The van der Waals surface area contributed by atoms with Gasteiger partial charge in [0.05, 0.1) is 0 Å². The molecule has 164 valence electrons. The van der Waals surface area contributed by atoms with Crippen LogP contribution in [0, 0.1) is 19.8 Å². The lowest BCUT2D eigenvalue weighted by atomic mass is 9.60. The van der Waals surface area contributed by atoms with Crippen LogP contribution in [-0.2, 0) is 23.7 Å². The first kappa shape index (κ1) is 22.7. The van der Waals surface area contributed by atoms with Gasteiger partial charge in [-0.25, -0.2) is 0 Å². The monoisotopic (exact) mass is 408 g/mol. The number of phenols is 2. The van der Waals surface area contributed by atoms with Gasteiger partial charge in [-0.2, -0.15) is 0 Å². The van der Waals surface area contributed by atoms with E-state index in [1.807, 2.05) is 13.8 Å². The quantitative estimate of drug-likeness (QED) is 0.546. The first-order valence-corrected chi connectivity index (χ1v) is 11.7. The Bertz CT molecular complexity index is 915. The maximum absolute atomic E-state index is 10.4. The number of aromatic hydroxyl groups is 2. The highest BCUT2D eigenvalue weighted by atomic mass is 16.3. The second kappa shape index (κ2) is 8.29. The molecular formula is C28H40O2. The summed E-state index contributed by atoms with van der Waals surface area (Å²) >= 11 is 0. The third-order valence-corrected chi connectivity index (χ3v) is 8.07. The zero-order valence-electron chi connectivity index (χ0n) is 20.0. The number of aryl methyl sites for hydroxylation is 4. The van der Waals surface area contributed by atoms with Crippen LogP contribution in [0.5, 0.6) is 11.5 Å². The van der Waals surface area contributed by atoms with Gasteiger partial charge in [0.25, 0.3) is 0 Å². The molecule has 1 aliphatic rings. The van der Waals surface area contributed by atoms with Gasteiger partial charge >= 0.3 is 0 Å². The maximum Gasteiger partial charge on any atom is 0.121 e. The van der Waals surface area contributed by atoms with Gasteiger partial charge in [0, 0.05) is 0 Å². The molecule has 0 amide bonds. The fourth-order valence-corrected chi connectivity index (χ4v) is 5.47. The largest absolute Gasteiger partial charge is 0.507 e. The van der Waals surface area contributed by atoms with Gasteiger partial charge in [-0.15, -0.1) is 0 Å². The molecular weight excluding hydrogens is 368 g/mol. The van der Waals surface area contributed by atoms with E-state index in [1.165, 1.54) is 36.8 Å². The molecule has 1 fully saturated rings. The van der Waals surface area contributed by atoms with Gasteiger partial charge in [-0.1, -0.05) is 58.9 Å². The molecule has 2 aromatic carbocycles. The molecule has 2 nitrogen and oxygen atoms in total. The van der Waals surface area contributed by atoms with E-state index in [1.54, 1.807) is 0 Å². The molecule has 2 N–H and O–H groups in total. The summed E-state index contributed by atoms with van der Waals surface area (Å²) in [6, 6.07) is 8.87. The SMILES string of the molecule is CCc1cc(C2(C)CCC(C(C)(C)c3cc(C)c(O)c(CC)c3)CC2)cc(C)c1O. The number of rotatable bonds is 5. The van der Waals surface area contributed by atoms with Gasteiger partial charge in [0.2, 0.25) is 0 Å². The van der Waals surface area contributed by atoms with Crippen molar-refractivity contribution in [1.82, 2.24) is 0 Å². The summed E-state index contributed by atoms with van der Waals surface area (Å²) < 4.78 is 0. The van der Waals surface area contributed by atoms with E-state index in [2.05, 4.69) is 58.9 Å². The summed E-state index contributed by atoms with van der Waals surface area (Å²) in [5.74, 6) is 1.56. The highest BCUT2D eigenvalue weighted by Gasteiger charge is 2.40. The van der Waals surface area contributed by atoms with E-state index in [4.69, 9.17) is 0 Å². The van der Waals surface area contributed by atoms with Crippen molar-refractivity contribution in [2.24, 2.45) is 5.92 Å². The third-order valence-electron chi connectivity index (χ3n) is 8.07. The zero-order valence-corrected chi connectivity index (χ0v) is 20.0. The van der Waals surface area contributed by atoms with Crippen LogP contribution in [0.1, 0.15) is 93.7 Å². The fourth-order valence-electron chi connectivity index (χ4n) is 5.47. The Labute approximate surface area is 183 Å². The van der Waals surface area contributed by atoms with Crippen molar-refractivity contribution in [3.63, 3.8) is 0 Å². The molecule has 0 saturated heterocycles. The van der Waals surface area contributed by atoms with Gasteiger partial charge in [-0.05, 0) is 103 Å². The standard InChI is InChI=1S/C28H40O2/c1-8-20-16-23(14-18(3)25(20)29)27(5,6)22-10-12-28(7,13-11-22)24-15-19(4)26(30)21(9-2)17-24/h14-17,22,29-30H,8-13H2,1-7H3. The van der Waals surface area contributed by atoms with Crippen LogP contribution >= 0.6 is 0 Å². The van der Waals surface area contributed by atoms with Crippen molar-refractivity contribution >= 4 is 0 Å². The number of phenolic OH excluding ortho intramolecular Hbond substituents is 2. The van der Waals surface area contributed by atoms with E-state index in [0.29, 0.717) is 17.4 Å². The third kappa shape index (κ3) is 3.98. The van der Waals surface area contributed by atoms with Crippen molar-refractivity contribution in [2.75, 3.05) is 0 Å². The molecule has 0 spiro atoms. The number of hydrogen-bond donors (Lipinski definition) is 2. The number of benzene rings is 2. The zero-order chi connectivity index (χ0) is 22.3. The van der Waals surface area contributed by atoms with Gasteiger partial charge < -0.3 is 10.2 Å². The topological polar surface area (TPSA) is 40.5 Å². The Hall–Kier alpha value is -1.96. The van der Waals surface area contributed by atoms with Crippen molar-refractivity contribution < 1.29 is 10.2 Å². The van der Waals surface area contributed by atoms with Crippen LogP contribution in [0.3, 0.4) is 0 Å². The van der Waals surface area contributed by atoms with E-state index < -0.39 is 0 Å². The highest BCUT2D eigenvalue weighted by molar-refractivity contribution is 5.47. The van der Waals surface area contributed by atoms with E-state index in [9.17, 15) is 10.2 Å². The van der Waals surface area contributed by atoms with Crippen LogP contribution < -0.4 is 0 Å². The molecule has 3 rings (SSSR count). The second-order valence-electron chi connectivity index (χ2n) is 10.4. The van der Waals surface area contributed by atoms with Crippen molar-refractivity contribution in [3.05, 3.63) is 57.6 Å². The summed E-state index contributed by atoms with van der Waals surface area (Å²) in [6.07, 6.45) is 6.47. The first-order chi connectivity index (χ1) is 14.0. The molecule has 0 aromatic heterocycles. The molecule has 1 saturated carbocycles. The Kier molecular flexibility index (Phi) is 6.28. The first-order valence-electron chi connectivity index (χ1n) is 11.7. The van der Waals surface area contributed by atoms with E-state index >= 15 is 0 Å². The highest BCUT2D eigenvalue weighted by Crippen LogP contribution is 2.49. The van der Waals surface area contributed by atoms with Gasteiger partial charge in [-0.3, -0.25) is 0 Å². The summed E-state index contributed by atoms with van der Waals surface area (Å²) in [6.45, 7) is 15.4. The van der Waals surface area contributed by atoms with Crippen molar-refractivity contribution in [2.45, 2.75) is 97.8 Å². The summed E-state index contributed by atoms with van der Waals surface area (Å²) in [5.41, 5.74) is 7.13. The van der Waals surface area contributed by atoms with Crippen molar-refractivity contribution in [1.29, 1.82) is 0 Å². The predicted molar refractivity (Wildman–Crippen MR) is 127 cm³/mol. The molecule has 0 atom stereocenters. The van der Waals surface area contributed by atoms with Crippen LogP contribution in [0.4, 0.5) is 0 Å².